The minimum atomic E-state index is -0.668. The van der Waals surface area contributed by atoms with Crippen molar-refractivity contribution in [2.24, 2.45) is 5.73 Å². The molecule has 1 unspecified atom stereocenters. The third kappa shape index (κ3) is 4.41. The quantitative estimate of drug-likeness (QED) is 0.562. The number of methoxy groups -OCH3 is 4. The van der Waals surface area contributed by atoms with Crippen LogP contribution in [0.5, 0.6) is 23.0 Å². The van der Waals surface area contributed by atoms with E-state index >= 15 is 0 Å². The zero-order valence-corrected chi connectivity index (χ0v) is 18.0. The number of carbonyl (C=O) groups is 1. The first kappa shape index (κ1) is 22.0. The molecule has 3 N–H and O–H groups in total. The maximum atomic E-state index is 12.1. The zero-order chi connectivity index (χ0) is 22.5. The van der Waals surface area contributed by atoms with Gasteiger partial charge in [0.15, 0.2) is 17.3 Å². The van der Waals surface area contributed by atoms with Crippen LogP contribution in [0.2, 0.25) is 0 Å². The molecule has 1 atom stereocenters. The molecule has 0 fully saturated rings. The number of anilines is 1. The smallest absolute Gasteiger partial charge is 0.241 e. The van der Waals surface area contributed by atoms with E-state index < -0.39 is 6.04 Å². The standard InChI is InChI=1S/C22H25N3O6/c1-12(23)22(26)25-16-8-13(6-7-17(16)27-2)15-11-24-31-20(15)14-9-18(28-3)21(30-5)19(10-14)29-4/h6-12H,23H2,1-5H3,(H,25,26). The molecule has 2 aromatic carbocycles. The van der Waals surface area contributed by atoms with Gasteiger partial charge < -0.3 is 34.5 Å². The third-order valence-corrected chi connectivity index (χ3v) is 4.68. The van der Waals surface area contributed by atoms with Crippen LogP contribution < -0.4 is 30.0 Å². The summed E-state index contributed by atoms with van der Waals surface area (Å²) in [6.07, 6.45) is 1.59. The minimum absolute atomic E-state index is 0.328. The number of hydrogen-bond acceptors (Lipinski definition) is 8. The van der Waals surface area contributed by atoms with E-state index in [2.05, 4.69) is 10.5 Å². The van der Waals surface area contributed by atoms with E-state index in [-0.39, 0.29) is 5.91 Å². The largest absolute Gasteiger partial charge is 0.495 e. The predicted octanol–water partition coefficient (Wildman–Crippen LogP) is 3.33. The molecule has 1 amide bonds. The van der Waals surface area contributed by atoms with Gasteiger partial charge in [-0.05, 0) is 36.8 Å². The van der Waals surface area contributed by atoms with Gasteiger partial charge in [-0.25, -0.2) is 0 Å². The van der Waals surface area contributed by atoms with E-state index in [1.165, 1.54) is 14.2 Å². The van der Waals surface area contributed by atoms with Crippen molar-refractivity contribution in [3.05, 3.63) is 36.5 Å². The van der Waals surface area contributed by atoms with Crippen molar-refractivity contribution in [1.29, 1.82) is 0 Å². The summed E-state index contributed by atoms with van der Waals surface area (Å²) >= 11 is 0. The fourth-order valence-electron chi connectivity index (χ4n) is 3.09. The second kappa shape index (κ2) is 9.40. The second-order valence-corrected chi connectivity index (χ2v) is 6.68. The number of rotatable bonds is 8. The van der Waals surface area contributed by atoms with Gasteiger partial charge >= 0.3 is 0 Å². The maximum absolute atomic E-state index is 12.1. The summed E-state index contributed by atoms with van der Waals surface area (Å²) in [6, 6.07) is 8.24. The first-order valence-electron chi connectivity index (χ1n) is 9.43. The highest BCUT2D eigenvalue weighted by molar-refractivity contribution is 5.96. The highest BCUT2D eigenvalue weighted by Gasteiger charge is 2.20. The molecule has 0 aliphatic carbocycles. The van der Waals surface area contributed by atoms with Crippen LogP contribution in [0, 0.1) is 0 Å². The van der Waals surface area contributed by atoms with Crippen molar-refractivity contribution >= 4 is 11.6 Å². The molecule has 9 nitrogen and oxygen atoms in total. The van der Waals surface area contributed by atoms with Crippen molar-refractivity contribution in [2.45, 2.75) is 13.0 Å². The van der Waals surface area contributed by atoms with Crippen LogP contribution in [-0.4, -0.2) is 45.5 Å². The lowest BCUT2D eigenvalue weighted by molar-refractivity contribution is -0.117. The number of nitrogens with zero attached hydrogens (tertiary/aromatic N) is 1. The molecular formula is C22H25N3O6. The molecule has 164 valence electrons. The van der Waals surface area contributed by atoms with Crippen molar-refractivity contribution in [3.8, 4) is 45.4 Å². The fourth-order valence-corrected chi connectivity index (χ4v) is 3.09. The van der Waals surface area contributed by atoms with Crippen LogP contribution in [0.1, 0.15) is 6.92 Å². The minimum Gasteiger partial charge on any atom is -0.495 e. The van der Waals surface area contributed by atoms with Crippen LogP contribution in [0.4, 0.5) is 5.69 Å². The molecule has 0 aliphatic heterocycles. The number of benzene rings is 2. The molecule has 3 rings (SSSR count). The summed E-state index contributed by atoms with van der Waals surface area (Å²) in [5.74, 6) is 2.11. The summed E-state index contributed by atoms with van der Waals surface area (Å²) in [4.78, 5) is 12.1. The average Bonchev–Trinajstić information content (AvgIpc) is 3.27. The van der Waals surface area contributed by atoms with Crippen LogP contribution in [0.15, 0.2) is 41.1 Å². The van der Waals surface area contributed by atoms with Gasteiger partial charge in [-0.15, -0.1) is 0 Å². The Balaban J connectivity index is 2.09. The zero-order valence-electron chi connectivity index (χ0n) is 18.0. The van der Waals surface area contributed by atoms with Crippen LogP contribution in [0.25, 0.3) is 22.5 Å². The van der Waals surface area contributed by atoms with Gasteiger partial charge in [-0.1, -0.05) is 11.2 Å². The van der Waals surface area contributed by atoms with E-state index in [1.54, 1.807) is 51.6 Å². The first-order chi connectivity index (χ1) is 14.9. The summed E-state index contributed by atoms with van der Waals surface area (Å²) in [7, 11) is 6.14. The lowest BCUT2D eigenvalue weighted by atomic mass is 10.0. The van der Waals surface area contributed by atoms with Crippen LogP contribution >= 0.6 is 0 Å². The Morgan fingerprint density at radius 3 is 2.16 bits per heavy atom. The molecule has 0 bridgehead atoms. The number of nitrogens with two attached hydrogens (primary N) is 1. The number of aromatic nitrogens is 1. The summed E-state index contributed by atoms with van der Waals surface area (Å²) < 4.78 is 27.2. The molecule has 3 aromatic rings. The van der Waals surface area contributed by atoms with Gasteiger partial charge in [-0.3, -0.25) is 4.79 Å². The predicted molar refractivity (Wildman–Crippen MR) is 116 cm³/mol. The molecule has 9 heteroatoms. The molecule has 0 saturated carbocycles. The fraction of sp³-hybridized carbons (Fsp3) is 0.273. The second-order valence-electron chi connectivity index (χ2n) is 6.68. The first-order valence-corrected chi connectivity index (χ1v) is 9.43. The van der Waals surface area contributed by atoms with Gasteiger partial charge in [0.05, 0.1) is 46.4 Å². The monoisotopic (exact) mass is 427 g/mol. The van der Waals surface area contributed by atoms with Gasteiger partial charge in [-0.2, -0.15) is 0 Å². The Kier molecular flexibility index (Phi) is 6.66. The molecule has 31 heavy (non-hydrogen) atoms. The molecular weight excluding hydrogens is 402 g/mol. The Hall–Kier alpha value is -3.72. The van der Waals surface area contributed by atoms with Gasteiger partial charge in [0.2, 0.25) is 11.7 Å². The van der Waals surface area contributed by atoms with E-state index in [4.69, 9.17) is 29.2 Å². The number of ether oxygens (including phenoxy) is 4. The average molecular weight is 427 g/mol. The van der Waals surface area contributed by atoms with Crippen molar-refractivity contribution < 1.29 is 28.3 Å². The SMILES string of the molecule is COc1ccc(-c2cnoc2-c2cc(OC)c(OC)c(OC)c2)cc1NC(=O)C(C)N. The highest BCUT2D eigenvalue weighted by atomic mass is 16.5. The Bertz CT molecular complexity index is 1050. The number of nitrogens with one attached hydrogen (secondary N) is 1. The molecule has 0 spiro atoms. The summed E-state index contributed by atoms with van der Waals surface area (Å²) in [5.41, 5.74) is 8.30. The molecule has 1 heterocycles. The number of hydrogen-bond donors (Lipinski definition) is 2. The van der Waals surface area contributed by atoms with Crippen molar-refractivity contribution in [2.75, 3.05) is 33.8 Å². The highest BCUT2D eigenvalue weighted by Crippen LogP contribution is 2.43. The molecule has 0 aliphatic rings. The van der Waals surface area contributed by atoms with Crippen LogP contribution in [0.3, 0.4) is 0 Å². The topological polar surface area (TPSA) is 118 Å². The van der Waals surface area contributed by atoms with E-state index in [0.29, 0.717) is 45.6 Å². The maximum Gasteiger partial charge on any atom is 0.241 e. The number of carbonyl (C=O) groups excluding carboxylic acids is 1. The normalized spacial score (nSPS) is 11.5. The molecule has 0 saturated heterocycles. The molecule has 1 aromatic heterocycles. The van der Waals surface area contributed by atoms with E-state index in [0.717, 1.165) is 5.56 Å². The lowest BCUT2D eigenvalue weighted by Crippen LogP contribution is -2.32. The van der Waals surface area contributed by atoms with Crippen LogP contribution in [-0.2, 0) is 4.79 Å². The lowest BCUT2D eigenvalue weighted by Gasteiger charge is -2.15. The molecule has 0 radical (unpaired) electrons. The Morgan fingerprint density at radius 1 is 0.968 bits per heavy atom. The summed E-state index contributed by atoms with van der Waals surface area (Å²) in [5, 5.41) is 6.74. The van der Waals surface area contributed by atoms with Gasteiger partial charge in [0.1, 0.15) is 5.75 Å². The summed E-state index contributed by atoms with van der Waals surface area (Å²) in [6.45, 7) is 1.61. The Labute approximate surface area is 180 Å². The third-order valence-electron chi connectivity index (χ3n) is 4.68. The van der Waals surface area contributed by atoms with E-state index in [9.17, 15) is 4.79 Å². The van der Waals surface area contributed by atoms with Crippen molar-refractivity contribution in [1.82, 2.24) is 5.16 Å². The van der Waals surface area contributed by atoms with Gasteiger partial charge in [0.25, 0.3) is 0 Å². The van der Waals surface area contributed by atoms with Gasteiger partial charge in [0, 0.05) is 11.1 Å². The number of amides is 1. The Morgan fingerprint density at radius 2 is 1.61 bits per heavy atom. The van der Waals surface area contributed by atoms with Crippen molar-refractivity contribution in [3.63, 3.8) is 0 Å². The van der Waals surface area contributed by atoms with E-state index in [1.807, 2.05) is 6.07 Å².